The van der Waals surface area contributed by atoms with Crippen LogP contribution in [0.25, 0.3) is 0 Å². The summed E-state index contributed by atoms with van der Waals surface area (Å²) in [6.07, 6.45) is 6.65. The first-order valence-corrected chi connectivity index (χ1v) is 16.5. The van der Waals surface area contributed by atoms with Crippen LogP contribution in [-0.4, -0.2) is 50.9 Å². The molecule has 0 bridgehead atoms. The third-order valence-electron chi connectivity index (χ3n) is 7.29. The first-order valence-electron chi connectivity index (χ1n) is 10.6. The Morgan fingerprint density at radius 2 is 1.20 bits per heavy atom. The predicted molar refractivity (Wildman–Crippen MR) is 121 cm³/mol. The molecule has 1 saturated carbocycles. The fourth-order valence-corrected chi connectivity index (χ4v) is 19.2. The molecule has 0 aromatic carbocycles. The van der Waals surface area contributed by atoms with Crippen molar-refractivity contribution in [2.24, 2.45) is 11.8 Å². The molecule has 4 nitrogen and oxygen atoms in total. The molecule has 154 valence electrons. The molecule has 10 atom stereocenters. The summed E-state index contributed by atoms with van der Waals surface area (Å²) in [5.41, 5.74) is 1.64. The Balaban J connectivity index is 1.38. The summed E-state index contributed by atoms with van der Waals surface area (Å²) in [5.74, 6) is 0.902. The summed E-state index contributed by atoms with van der Waals surface area (Å²) in [7, 11) is 0. The third kappa shape index (κ3) is 3.56. The Bertz CT molecular complexity index is 853. The Kier molecular flexibility index (Phi) is 6.22. The summed E-state index contributed by atoms with van der Waals surface area (Å²) in [5, 5.41) is 39.6. The second-order valence-electron chi connectivity index (χ2n) is 8.76. The molecular weight excluding hydrogens is 542 g/mol. The molecule has 1 aliphatic carbocycles. The van der Waals surface area contributed by atoms with Gasteiger partial charge in [0.05, 0.1) is 0 Å². The van der Waals surface area contributed by atoms with Crippen LogP contribution in [0.1, 0.15) is 38.5 Å². The number of nitrogens with zero attached hydrogens (tertiary/aromatic N) is 4. The molecule has 4 saturated heterocycles. The fourth-order valence-electron chi connectivity index (χ4n) is 6.04. The van der Waals surface area contributed by atoms with Crippen molar-refractivity contribution in [3.63, 3.8) is 0 Å². The van der Waals surface area contributed by atoms with Crippen LogP contribution in [0.5, 0.6) is 0 Å². The minimum atomic E-state index is 0.162. The van der Waals surface area contributed by atoms with Crippen molar-refractivity contribution in [3.8, 4) is 24.3 Å². The topological polar surface area (TPSA) is 95.2 Å². The van der Waals surface area contributed by atoms with Gasteiger partial charge in [0, 0.05) is 0 Å². The molecule has 5 rings (SSSR count). The third-order valence-corrected chi connectivity index (χ3v) is 19.7. The summed E-state index contributed by atoms with van der Waals surface area (Å²) in [6.45, 7) is 0. The number of hydrogen-bond acceptors (Lipinski definition) is 6. The van der Waals surface area contributed by atoms with E-state index in [4.69, 9.17) is 0 Å². The van der Waals surface area contributed by atoms with E-state index in [-0.39, 0.29) is 10.5 Å². The molecule has 10 unspecified atom stereocenters. The van der Waals surface area contributed by atoms with Crippen LogP contribution < -0.4 is 0 Å². The van der Waals surface area contributed by atoms with E-state index in [1.807, 2.05) is 23.5 Å². The van der Waals surface area contributed by atoms with Crippen LogP contribution in [0.15, 0.2) is 11.1 Å². The standard InChI is InChI=1S/C22H22N4S2Se2/c23-7-11(8-24)20-14-5-18(16-3-1-12(9-25)27-16)29-21(14)22-15(20)6-19(30-22)17-4-2-13(10-26)28-17/h12-19,21-22H,1-6H2. The van der Waals surface area contributed by atoms with E-state index < -0.39 is 0 Å². The van der Waals surface area contributed by atoms with Crippen molar-refractivity contribution in [3.05, 3.63) is 11.1 Å². The maximum absolute atomic E-state index is 9.71. The van der Waals surface area contributed by atoms with Gasteiger partial charge in [-0.2, -0.15) is 0 Å². The summed E-state index contributed by atoms with van der Waals surface area (Å²) in [4.78, 5) is 2.79. The first kappa shape index (κ1) is 21.3. The Morgan fingerprint density at radius 3 is 1.57 bits per heavy atom. The van der Waals surface area contributed by atoms with Crippen LogP contribution in [0, 0.1) is 57.2 Å². The Labute approximate surface area is 199 Å². The summed E-state index contributed by atoms with van der Waals surface area (Å²) >= 11 is 4.88. The zero-order chi connectivity index (χ0) is 20.8. The van der Waals surface area contributed by atoms with Crippen LogP contribution >= 0.6 is 23.5 Å². The van der Waals surface area contributed by atoms with Crippen LogP contribution in [0.4, 0.5) is 0 Å². The summed E-state index contributed by atoms with van der Waals surface area (Å²) < 4.78 is 0. The average Bonchev–Trinajstić information content (AvgIpc) is 3.55. The molecule has 0 aromatic rings. The van der Waals surface area contributed by atoms with Gasteiger partial charge in [0.1, 0.15) is 0 Å². The predicted octanol–water partition coefficient (Wildman–Crippen LogP) is 4.52. The Morgan fingerprint density at radius 1 is 0.733 bits per heavy atom. The molecule has 4 aliphatic heterocycles. The quantitative estimate of drug-likeness (QED) is 0.362. The van der Waals surface area contributed by atoms with Gasteiger partial charge in [-0.1, -0.05) is 0 Å². The number of hydrogen-bond donors (Lipinski definition) is 0. The second kappa shape index (κ2) is 8.76. The number of allylic oxidation sites excluding steroid dienone is 2. The van der Waals surface area contributed by atoms with E-state index in [0.29, 0.717) is 77.1 Å². The molecular formula is C22H22N4S2Se2. The zero-order valence-corrected chi connectivity index (χ0v) is 21.5. The van der Waals surface area contributed by atoms with Crippen molar-refractivity contribution in [1.82, 2.24) is 0 Å². The molecule has 5 fully saturated rings. The normalized spacial score (nSPS) is 46.5. The van der Waals surface area contributed by atoms with E-state index in [0.717, 1.165) is 38.5 Å². The number of thioether (sulfide) groups is 2. The van der Waals surface area contributed by atoms with Crippen LogP contribution in [0.3, 0.4) is 0 Å². The number of rotatable bonds is 2. The molecule has 4 heterocycles. The Hall–Kier alpha value is -0.561. The van der Waals surface area contributed by atoms with E-state index in [1.165, 1.54) is 5.57 Å². The van der Waals surface area contributed by atoms with Crippen molar-refractivity contribution in [2.45, 2.75) is 78.8 Å². The molecule has 0 spiro atoms. The SMILES string of the molecule is N#CC(C#N)=C1C2CC(C3CCC(C#N)S3)[Se]C2C2[Se]C(C3CCC(C#N)S3)CC12. The second-order valence-corrected chi connectivity index (χ2v) is 17.6. The van der Waals surface area contributed by atoms with Gasteiger partial charge in [0.15, 0.2) is 0 Å². The van der Waals surface area contributed by atoms with Gasteiger partial charge in [0.25, 0.3) is 0 Å². The van der Waals surface area contributed by atoms with E-state index in [1.54, 1.807) is 0 Å². The molecule has 0 N–H and O–H groups in total. The van der Waals surface area contributed by atoms with Gasteiger partial charge in [-0.05, 0) is 0 Å². The zero-order valence-electron chi connectivity index (χ0n) is 16.4. The van der Waals surface area contributed by atoms with E-state index >= 15 is 0 Å². The van der Waals surface area contributed by atoms with Crippen LogP contribution in [-0.2, 0) is 0 Å². The molecule has 30 heavy (non-hydrogen) atoms. The first-order chi connectivity index (χ1) is 14.7. The van der Waals surface area contributed by atoms with Crippen LogP contribution in [0.2, 0.25) is 19.3 Å². The van der Waals surface area contributed by atoms with Crippen molar-refractivity contribution < 1.29 is 0 Å². The minimum absolute atomic E-state index is 0.162. The monoisotopic (exact) mass is 566 g/mol. The average molecular weight is 564 g/mol. The van der Waals surface area contributed by atoms with Crippen molar-refractivity contribution in [2.75, 3.05) is 0 Å². The van der Waals surface area contributed by atoms with Gasteiger partial charge in [-0.3, -0.25) is 0 Å². The van der Waals surface area contributed by atoms with Gasteiger partial charge in [0.2, 0.25) is 0 Å². The van der Waals surface area contributed by atoms with Crippen molar-refractivity contribution in [1.29, 1.82) is 21.0 Å². The van der Waals surface area contributed by atoms with Gasteiger partial charge in [-0.25, -0.2) is 0 Å². The fraction of sp³-hybridized carbons (Fsp3) is 0.727. The van der Waals surface area contributed by atoms with E-state index in [2.05, 4.69) is 24.3 Å². The van der Waals surface area contributed by atoms with E-state index in [9.17, 15) is 21.0 Å². The number of nitriles is 4. The van der Waals surface area contributed by atoms with Gasteiger partial charge in [-0.15, -0.1) is 0 Å². The number of fused-ring (bicyclic) bond motifs is 3. The van der Waals surface area contributed by atoms with Gasteiger partial charge < -0.3 is 0 Å². The van der Waals surface area contributed by atoms with Crippen molar-refractivity contribution >= 4 is 53.4 Å². The summed E-state index contributed by atoms with van der Waals surface area (Å²) in [6, 6.07) is 9.41. The van der Waals surface area contributed by atoms with Gasteiger partial charge >= 0.3 is 201 Å². The maximum atomic E-state index is 9.71. The molecule has 0 radical (unpaired) electrons. The molecule has 8 heteroatoms. The molecule has 5 aliphatic rings. The molecule has 0 aromatic heterocycles. The molecule has 0 amide bonds.